The molecule has 1 fully saturated rings. The first-order chi connectivity index (χ1) is 8.49. The van der Waals surface area contributed by atoms with Crippen molar-refractivity contribution in [3.8, 4) is 0 Å². The minimum absolute atomic E-state index is 0.0470. The number of carbonyl (C=O) groups is 1. The lowest BCUT2D eigenvalue weighted by molar-refractivity contribution is -0.125. The van der Waals surface area contributed by atoms with Crippen molar-refractivity contribution in [2.45, 2.75) is 26.4 Å². The molecule has 98 valence electrons. The molecule has 5 nitrogen and oxygen atoms in total. The molecule has 5 heteroatoms. The minimum atomic E-state index is -0.371. The standard InChI is InChI=1S/C13H19N3O2/c1-9-12(10(2)15(3)14-9)4-5-13(18)16-7-6-11(17)8-16/h4-5,11,17H,6-8H2,1-3H3/b5-4+/t11-/m0/s1. The number of aliphatic hydroxyl groups is 1. The third kappa shape index (κ3) is 2.46. The van der Waals surface area contributed by atoms with Gasteiger partial charge in [-0.3, -0.25) is 9.48 Å². The molecule has 1 aliphatic rings. The summed E-state index contributed by atoms with van der Waals surface area (Å²) in [6.45, 7) is 4.98. The Balaban J connectivity index is 2.09. The molecular weight excluding hydrogens is 230 g/mol. The number of β-amino-alcohol motifs (C(OH)–C–C–N with tert-alkyl or cyclic N) is 1. The van der Waals surface area contributed by atoms with Gasteiger partial charge < -0.3 is 10.0 Å². The van der Waals surface area contributed by atoms with E-state index in [9.17, 15) is 9.90 Å². The number of carbonyl (C=O) groups excluding carboxylic acids is 1. The van der Waals surface area contributed by atoms with Gasteiger partial charge in [-0.05, 0) is 26.3 Å². The summed E-state index contributed by atoms with van der Waals surface area (Å²) in [6, 6.07) is 0. The maximum atomic E-state index is 11.9. The van der Waals surface area contributed by atoms with Crippen LogP contribution in [0.5, 0.6) is 0 Å². The topological polar surface area (TPSA) is 58.4 Å². The van der Waals surface area contributed by atoms with Crippen LogP contribution in [0.2, 0.25) is 0 Å². The zero-order valence-corrected chi connectivity index (χ0v) is 11.1. The van der Waals surface area contributed by atoms with Gasteiger partial charge in [-0.2, -0.15) is 5.10 Å². The Kier molecular flexibility index (Phi) is 3.52. The van der Waals surface area contributed by atoms with Crippen LogP contribution in [0.15, 0.2) is 6.08 Å². The Morgan fingerprint density at radius 2 is 2.22 bits per heavy atom. The Morgan fingerprint density at radius 3 is 2.72 bits per heavy atom. The van der Waals surface area contributed by atoms with Gasteiger partial charge in [-0.15, -0.1) is 0 Å². The van der Waals surface area contributed by atoms with E-state index in [1.165, 1.54) is 0 Å². The van der Waals surface area contributed by atoms with E-state index in [1.807, 2.05) is 27.0 Å². The highest BCUT2D eigenvalue weighted by Gasteiger charge is 2.22. The zero-order valence-electron chi connectivity index (χ0n) is 11.1. The highest BCUT2D eigenvalue weighted by molar-refractivity contribution is 5.92. The zero-order chi connectivity index (χ0) is 13.3. The lowest BCUT2D eigenvalue weighted by atomic mass is 10.2. The summed E-state index contributed by atoms with van der Waals surface area (Å²) in [6.07, 6.45) is 3.67. The third-order valence-corrected chi connectivity index (χ3v) is 3.43. The van der Waals surface area contributed by atoms with Gasteiger partial charge in [0.15, 0.2) is 0 Å². The lowest BCUT2D eigenvalue weighted by Crippen LogP contribution is -2.27. The molecule has 1 saturated heterocycles. The molecule has 0 radical (unpaired) electrons. The van der Waals surface area contributed by atoms with E-state index in [2.05, 4.69) is 5.10 Å². The second-order valence-corrected chi connectivity index (χ2v) is 4.77. The van der Waals surface area contributed by atoms with Crippen molar-refractivity contribution in [2.24, 2.45) is 7.05 Å². The fourth-order valence-corrected chi connectivity index (χ4v) is 2.23. The van der Waals surface area contributed by atoms with Crippen LogP contribution in [0.4, 0.5) is 0 Å². The van der Waals surface area contributed by atoms with Crippen molar-refractivity contribution >= 4 is 12.0 Å². The van der Waals surface area contributed by atoms with Crippen LogP contribution in [-0.4, -0.2) is 44.9 Å². The molecule has 1 atom stereocenters. The molecule has 1 N–H and O–H groups in total. The lowest BCUT2D eigenvalue weighted by Gasteiger charge is -2.12. The quantitative estimate of drug-likeness (QED) is 0.783. The van der Waals surface area contributed by atoms with Gasteiger partial charge in [-0.1, -0.05) is 0 Å². The summed E-state index contributed by atoms with van der Waals surface area (Å²) in [5.74, 6) is -0.0470. The van der Waals surface area contributed by atoms with Crippen LogP contribution >= 0.6 is 0 Å². The molecule has 0 saturated carbocycles. The molecule has 0 unspecified atom stereocenters. The molecule has 0 spiro atoms. The predicted octanol–water partition coefficient (Wildman–Crippen LogP) is 0.643. The summed E-state index contributed by atoms with van der Waals surface area (Å²) in [5, 5.41) is 13.7. The first-order valence-corrected chi connectivity index (χ1v) is 6.14. The summed E-state index contributed by atoms with van der Waals surface area (Å²) < 4.78 is 1.80. The highest BCUT2D eigenvalue weighted by Crippen LogP contribution is 2.15. The predicted molar refractivity (Wildman–Crippen MR) is 68.9 cm³/mol. The molecule has 1 aromatic heterocycles. The van der Waals surface area contributed by atoms with E-state index < -0.39 is 0 Å². The van der Waals surface area contributed by atoms with E-state index in [4.69, 9.17) is 0 Å². The molecule has 0 aromatic carbocycles. The number of hydrogen-bond acceptors (Lipinski definition) is 3. The van der Waals surface area contributed by atoms with Gasteiger partial charge in [0.05, 0.1) is 11.8 Å². The first kappa shape index (κ1) is 12.8. The monoisotopic (exact) mass is 249 g/mol. The Bertz CT molecular complexity index is 491. The van der Waals surface area contributed by atoms with Crippen LogP contribution in [0.3, 0.4) is 0 Å². The van der Waals surface area contributed by atoms with Crippen molar-refractivity contribution in [1.29, 1.82) is 0 Å². The molecule has 18 heavy (non-hydrogen) atoms. The molecule has 0 aliphatic carbocycles. The van der Waals surface area contributed by atoms with Crippen LogP contribution in [0.1, 0.15) is 23.4 Å². The Labute approximate surface area is 107 Å². The van der Waals surface area contributed by atoms with Crippen LogP contribution in [-0.2, 0) is 11.8 Å². The van der Waals surface area contributed by atoms with Gasteiger partial charge in [0.1, 0.15) is 0 Å². The summed E-state index contributed by atoms with van der Waals surface area (Å²) in [5.41, 5.74) is 2.95. The van der Waals surface area contributed by atoms with Gasteiger partial charge in [0.25, 0.3) is 0 Å². The number of nitrogens with zero attached hydrogens (tertiary/aromatic N) is 3. The molecule has 0 bridgehead atoms. The maximum Gasteiger partial charge on any atom is 0.246 e. The average Bonchev–Trinajstić information content (AvgIpc) is 2.83. The number of aliphatic hydroxyl groups excluding tert-OH is 1. The van der Waals surface area contributed by atoms with Gasteiger partial charge in [-0.25, -0.2) is 0 Å². The van der Waals surface area contributed by atoms with Gasteiger partial charge in [0.2, 0.25) is 5.91 Å². The number of aromatic nitrogens is 2. The minimum Gasteiger partial charge on any atom is -0.391 e. The molecule has 2 rings (SSSR count). The Morgan fingerprint density at radius 1 is 1.50 bits per heavy atom. The maximum absolute atomic E-state index is 11.9. The van der Waals surface area contributed by atoms with Crippen LogP contribution in [0.25, 0.3) is 6.08 Å². The largest absolute Gasteiger partial charge is 0.391 e. The smallest absolute Gasteiger partial charge is 0.246 e. The fraction of sp³-hybridized carbons (Fsp3) is 0.538. The molecule has 1 aromatic rings. The first-order valence-electron chi connectivity index (χ1n) is 6.14. The second kappa shape index (κ2) is 4.94. The number of hydrogen-bond donors (Lipinski definition) is 1. The van der Waals surface area contributed by atoms with E-state index >= 15 is 0 Å². The normalized spacial score (nSPS) is 20.0. The van der Waals surface area contributed by atoms with Gasteiger partial charge >= 0.3 is 0 Å². The third-order valence-electron chi connectivity index (χ3n) is 3.43. The van der Waals surface area contributed by atoms with Crippen LogP contribution in [0, 0.1) is 13.8 Å². The van der Waals surface area contributed by atoms with Crippen molar-refractivity contribution in [3.63, 3.8) is 0 Å². The van der Waals surface area contributed by atoms with Gasteiger partial charge in [0, 0.05) is 37.5 Å². The molecular formula is C13H19N3O2. The van der Waals surface area contributed by atoms with Crippen molar-refractivity contribution < 1.29 is 9.90 Å². The number of amides is 1. The summed E-state index contributed by atoms with van der Waals surface area (Å²) in [4.78, 5) is 13.6. The van der Waals surface area contributed by atoms with Crippen molar-refractivity contribution in [3.05, 3.63) is 23.0 Å². The number of likely N-dealkylation sites (tertiary alicyclic amines) is 1. The molecule has 1 aliphatic heterocycles. The summed E-state index contributed by atoms with van der Waals surface area (Å²) >= 11 is 0. The highest BCUT2D eigenvalue weighted by atomic mass is 16.3. The van der Waals surface area contributed by atoms with E-state index in [0.29, 0.717) is 19.5 Å². The van der Waals surface area contributed by atoms with E-state index in [-0.39, 0.29) is 12.0 Å². The average molecular weight is 249 g/mol. The molecule has 1 amide bonds. The Hall–Kier alpha value is -1.62. The van der Waals surface area contributed by atoms with Crippen molar-refractivity contribution in [1.82, 2.24) is 14.7 Å². The van der Waals surface area contributed by atoms with Crippen LogP contribution < -0.4 is 0 Å². The van der Waals surface area contributed by atoms with E-state index in [1.54, 1.807) is 15.7 Å². The second-order valence-electron chi connectivity index (χ2n) is 4.77. The number of rotatable bonds is 2. The summed E-state index contributed by atoms with van der Waals surface area (Å²) in [7, 11) is 1.89. The fourth-order valence-electron chi connectivity index (χ4n) is 2.23. The van der Waals surface area contributed by atoms with E-state index in [0.717, 1.165) is 17.0 Å². The molecule has 2 heterocycles. The SMILES string of the molecule is Cc1nn(C)c(C)c1/C=C/C(=O)N1CC[C@H](O)C1. The van der Waals surface area contributed by atoms with Crippen molar-refractivity contribution in [2.75, 3.05) is 13.1 Å². The number of aryl methyl sites for hydroxylation is 2.